The second kappa shape index (κ2) is 48.1. The van der Waals surface area contributed by atoms with Crippen molar-refractivity contribution < 1.29 is 142 Å². The third-order valence-corrected chi connectivity index (χ3v) is 1.73. The summed E-state index contributed by atoms with van der Waals surface area (Å²) in [6.45, 7) is 9.22. The van der Waals surface area contributed by atoms with Crippen LogP contribution in [0.1, 0.15) is 80.1 Å². The topological polar surface area (TPSA) is 241 Å². The standard InChI is InChI=1S/6C3H6O2.Nd.Pr/c6*1-2-3(4)5;;/h6*2H2,1H3,(H,4,5);;/q;;;;;;2*+3/p-6. The number of hydrogen-bond donors (Lipinski definition) is 0. The molecular formula is C18H30NdO12Pr. The first-order chi connectivity index (χ1) is 13.6. The zero-order valence-electron chi connectivity index (χ0n) is 19.2. The third-order valence-electron chi connectivity index (χ3n) is 1.73. The number of carbonyl (C=O) groups is 6. The maximum absolute atomic E-state index is 9.26. The van der Waals surface area contributed by atoms with Gasteiger partial charge in [-0.2, -0.15) is 0 Å². The molecule has 0 aromatic rings. The number of carboxylic acid groups (broad SMARTS) is 6. The van der Waals surface area contributed by atoms with E-state index in [2.05, 4.69) is 0 Å². The number of rotatable bonds is 6. The average Bonchev–Trinajstić information content (AvgIpc) is 2.69. The number of aliphatic carboxylic acids is 6. The maximum atomic E-state index is 9.26. The van der Waals surface area contributed by atoms with Crippen LogP contribution < -0.4 is 30.6 Å². The van der Waals surface area contributed by atoms with E-state index in [1.165, 1.54) is 41.5 Å². The molecule has 0 rings (SSSR count). The van der Waals surface area contributed by atoms with Crippen molar-refractivity contribution in [3.8, 4) is 0 Å². The molecule has 0 N–H and O–H groups in total. The Labute approximate surface area is 254 Å². The van der Waals surface area contributed by atoms with E-state index in [4.69, 9.17) is 0 Å². The van der Waals surface area contributed by atoms with E-state index in [-0.39, 0.29) is 121 Å². The molecule has 0 heterocycles. The Kier molecular flexibility index (Phi) is 79.8. The quantitative estimate of drug-likeness (QED) is 0.250. The van der Waals surface area contributed by atoms with Gasteiger partial charge in [0, 0.05) is 35.8 Å². The molecule has 32 heavy (non-hydrogen) atoms. The predicted octanol–water partition coefficient (Wildman–Crippen LogP) is -5.12. The summed E-state index contributed by atoms with van der Waals surface area (Å²) in [4.78, 5) is 55.5. The van der Waals surface area contributed by atoms with Crippen LogP contribution in [0.4, 0.5) is 0 Å². The van der Waals surface area contributed by atoms with Crippen molar-refractivity contribution >= 4 is 35.8 Å². The van der Waals surface area contributed by atoms with Crippen molar-refractivity contribution in [2.24, 2.45) is 0 Å². The molecule has 0 fully saturated rings. The fraction of sp³-hybridized carbons (Fsp3) is 0.667. The van der Waals surface area contributed by atoms with Crippen molar-refractivity contribution in [3.05, 3.63) is 0 Å². The number of carboxylic acids is 6. The van der Waals surface area contributed by atoms with Gasteiger partial charge < -0.3 is 59.4 Å². The summed E-state index contributed by atoms with van der Waals surface area (Å²) in [6.07, 6.45) is 0.667. The van der Waals surface area contributed by atoms with Gasteiger partial charge in [-0.3, -0.25) is 0 Å². The van der Waals surface area contributed by atoms with Crippen LogP contribution in [0, 0.1) is 82.1 Å². The predicted molar refractivity (Wildman–Crippen MR) is 91.8 cm³/mol. The van der Waals surface area contributed by atoms with Crippen LogP contribution in [0.15, 0.2) is 0 Å². The van der Waals surface area contributed by atoms with Crippen molar-refractivity contribution in [1.82, 2.24) is 0 Å². The Balaban J connectivity index is -0.0000000356. The van der Waals surface area contributed by atoms with E-state index in [1.54, 1.807) is 0 Å². The molecule has 0 amide bonds. The molecule has 0 saturated carbocycles. The first kappa shape index (κ1) is 53.1. The van der Waals surface area contributed by atoms with Crippen molar-refractivity contribution in [3.63, 3.8) is 0 Å². The van der Waals surface area contributed by atoms with Crippen molar-refractivity contribution in [2.75, 3.05) is 0 Å². The van der Waals surface area contributed by atoms with E-state index in [0.29, 0.717) is 0 Å². The van der Waals surface area contributed by atoms with Gasteiger partial charge in [-0.1, -0.05) is 41.5 Å². The van der Waals surface area contributed by atoms with Crippen LogP contribution in [0.3, 0.4) is 0 Å². The summed E-state index contributed by atoms with van der Waals surface area (Å²) < 4.78 is 0. The van der Waals surface area contributed by atoms with Crippen LogP contribution in [0.25, 0.3) is 0 Å². The van der Waals surface area contributed by atoms with Gasteiger partial charge >= 0.3 is 82.1 Å². The van der Waals surface area contributed by atoms with Crippen LogP contribution in [-0.2, 0) is 28.8 Å². The van der Waals surface area contributed by atoms with Crippen LogP contribution in [0.2, 0.25) is 0 Å². The summed E-state index contributed by atoms with van der Waals surface area (Å²) in [5.74, 6) is -5.97. The van der Waals surface area contributed by atoms with E-state index >= 15 is 0 Å². The van der Waals surface area contributed by atoms with Crippen LogP contribution >= 0.6 is 0 Å². The monoisotopic (exact) mass is 721 g/mol. The summed E-state index contributed by atoms with van der Waals surface area (Å²) >= 11 is 0. The normalized spacial score (nSPS) is 6.94. The smallest absolute Gasteiger partial charge is 0.550 e. The molecule has 14 heteroatoms. The molecule has 0 bridgehead atoms. The number of hydrogen-bond acceptors (Lipinski definition) is 12. The Hall–Kier alpha value is -0.466. The molecule has 0 unspecified atom stereocenters. The SMILES string of the molecule is CCC(=O)[O-].CCC(=O)[O-].CCC(=O)[O-].CCC(=O)[O-].CCC(=O)[O-].CCC(=O)[O-].[Nd+3].[Pr+3]. The Morgan fingerprint density at radius 1 is 0.375 bits per heavy atom. The van der Waals surface area contributed by atoms with Gasteiger partial charge in [-0.15, -0.1) is 0 Å². The van der Waals surface area contributed by atoms with E-state index < -0.39 is 35.8 Å². The van der Waals surface area contributed by atoms with Gasteiger partial charge in [0.2, 0.25) is 0 Å². The fourth-order valence-corrected chi connectivity index (χ4v) is 0. The molecule has 0 aliphatic carbocycles. The molecule has 0 atom stereocenters. The minimum absolute atomic E-state index is 0. The summed E-state index contributed by atoms with van der Waals surface area (Å²) in [5, 5.41) is 55.5. The minimum Gasteiger partial charge on any atom is -0.550 e. The van der Waals surface area contributed by atoms with E-state index in [0.717, 1.165) is 0 Å². The maximum Gasteiger partial charge on any atom is 3.00 e. The number of carbonyl (C=O) groups excluding carboxylic acids is 6. The Bertz CT molecular complexity index is 362. The van der Waals surface area contributed by atoms with Crippen molar-refractivity contribution in [1.29, 1.82) is 0 Å². The summed E-state index contributed by atoms with van der Waals surface area (Å²) in [6, 6.07) is 0. The second-order valence-electron chi connectivity index (χ2n) is 4.35. The Morgan fingerprint density at radius 3 is 0.406 bits per heavy atom. The van der Waals surface area contributed by atoms with Gasteiger partial charge in [0.15, 0.2) is 0 Å². The van der Waals surface area contributed by atoms with Crippen LogP contribution in [0.5, 0.6) is 0 Å². The first-order valence-electron chi connectivity index (χ1n) is 8.81. The molecule has 0 aromatic carbocycles. The van der Waals surface area contributed by atoms with Crippen molar-refractivity contribution in [2.45, 2.75) is 80.1 Å². The van der Waals surface area contributed by atoms with Gasteiger partial charge in [0.1, 0.15) is 0 Å². The minimum atomic E-state index is -0.995. The largest absolute Gasteiger partial charge is 3.00 e. The van der Waals surface area contributed by atoms with Gasteiger partial charge in [0.05, 0.1) is 0 Å². The molecule has 1 radical (unpaired) electrons. The fourth-order valence-electron chi connectivity index (χ4n) is 0. The van der Waals surface area contributed by atoms with E-state index in [1.807, 2.05) is 0 Å². The molecule has 0 spiro atoms. The van der Waals surface area contributed by atoms with Gasteiger partial charge in [-0.05, 0) is 38.5 Å². The summed E-state index contributed by atoms with van der Waals surface area (Å²) in [7, 11) is 0. The van der Waals surface area contributed by atoms with Gasteiger partial charge in [-0.25, -0.2) is 0 Å². The molecule has 0 aromatic heterocycles. The molecule has 0 aliphatic heterocycles. The van der Waals surface area contributed by atoms with Crippen LogP contribution in [-0.4, -0.2) is 35.8 Å². The Morgan fingerprint density at radius 2 is 0.406 bits per heavy atom. The molecule has 181 valence electrons. The molecule has 12 nitrogen and oxygen atoms in total. The zero-order chi connectivity index (χ0) is 25.7. The summed E-state index contributed by atoms with van der Waals surface area (Å²) in [5.41, 5.74) is 0. The molecule has 0 saturated heterocycles. The molecular weight excluding hydrogens is 693 g/mol. The second-order valence-corrected chi connectivity index (χ2v) is 4.35. The third kappa shape index (κ3) is 181. The van der Waals surface area contributed by atoms with E-state index in [9.17, 15) is 59.4 Å². The zero-order valence-corrected chi connectivity index (χ0v) is 26.1. The van der Waals surface area contributed by atoms with Gasteiger partial charge in [0.25, 0.3) is 0 Å². The molecule has 0 aliphatic rings. The average molecular weight is 724 g/mol. The first-order valence-corrected chi connectivity index (χ1v) is 8.81.